The first-order valence-corrected chi connectivity index (χ1v) is 6.18. The van der Waals surface area contributed by atoms with Gasteiger partial charge in [-0.1, -0.05) is 24.3 Å². The van der Waals surface area contributed by atoms with Gasteiger partial charge in [0.15, 0.2) is 0 Å². The molecule has 0 unspecified atom stereocenters. The monoisotopic (exact) mass is 267 g/mol. The molecule has 0 aliphatic carbocycles. The Morgan fingerprint density at radius 1 is 1.15 bits per heavy atom. The first-order chi connectivity index (χ1) is 9.81. The highest BCUT2D eigenvalue weighted by molar-refractivity contribution is 5.58. The number of H-pyrrole nitrogens is 2. The molecular weight excluding hydrogens is 254 g/mol. The van der Waals surface area contributed by atoms with Crippen molar-refractivity contribution in [1.82, 2.24) is 20.2 Å². The molecule has 0 atom stereocenters. The zero-order chi connectivity index (χ0) is 13.8. The number of aromatic amines is 2. The molecule has 0 bridgehead atoms. The Morgan fingerprint density at radius 3 is 2.70 bits per heavy atom. The molecule has 0 saturated heterocycles. The molecule has 0 fully saturated rings. The van der Waals surface area contributed by atoms with Crippen molar-refractivity contribution in [2.24, 2.45) is 0 Å². The van der Waals surface area contributed by atoms with Crippen molar-refractivity contribution in [2.45, 2.75) is 6.54 Å². The molecule has 6 nitrogen and oxygen atoms in total. The zero-order valence-corrected chi connectivity index (χ0v) is 10.6. The Kier molecular flexibility index (Phi) is 3.28. The molecule has 3 N–H and O–H groups in total. The molecule has 100 valence electrons. The minimum absolute atomic E-state index is 0.169. The van der Waals surface area contributed by atoms with Gasteiger partial charge in [-0.25, -0.2) is 4.98 Å². The molecule has 2 heterocycles. The minimum Gasteiger partial charge on any atom is -0.366 e. The van der Waals surface area contributed by atoms with E-state index >= 15 is 0 Å². The lowest BCUT2D eigenvalue weighted by molar-refractivity contribution is 1.06. The number of hydrogen-bond donors (Lipinski definition) is 3. The second-order valence-electron chi connectivity index (χ2n) is 4.32. The van der Waals surface area contributed by atoms with E-state index in [0.717, 1.165) is 16.8 Å². The molecule has 0 aliphatic heterocycles. The van der Waals surface area contributed by atoms with Gasteiger partial charge in [-0.3, -0.25) is 9.89 Å². The third-order valence-corrected chi connectivity index (χ3v) is 2.92. The van der Waals surface area contributed by atoms with Crippen LogP contribution in [0.25, 0.3) is 11.3 Å². The van der Waals surface area contributed by atoms with Crippen molar-refractivity contribution in [2.75, 3.05) is 5.32 Å². The van der Waals surface area contributed by atoms with Gasteiger partial charge in [0.2, 0.25) is 0 Å². The lowest BCUT2D eigenvalue weighted by atomic mass is 10.1. The Balaban J connectivity index is 1.68. The molecule has 0 spiro atoms. The van der Waals surface area contributed by atoms with E-state index < -0.39 is 0 Å². The number of hydrogen-bond acceptors (Lipinski definition) is 4. The first-order valence-electron chi connectivity index (χ1n) is 6.18. The lowest BCUT2D eigenvalue weighted by Crippen LogP contribution is -2.08. The van der Waals surface area contributed by atoms with Crippen molar-refractivity contribution in [3.05, 3.63) is 64.8 Å². The average Bonchev–Trinajstić information content (AvgIpc) is 3.00. The van der Waals surface area contributed by atoms with Crippen molar-refractivity contribution in [1.29, 1.82) is 0 Å². The molecule has 3 aromatic rings. The number of aromatic nitrogens is 4. The topological polar surface area (TPSA) is 86.5 Å². The van der Waals surface area contributed by atoms with Crippen molar-refractivity contribution in [3.8, 4) is 11.3 Å². The second-order valence-corrected chi connectivity index (χ2v) is 4.32. The normalized spacial score (nSPS) is 10.4. The fraction of sp³-hybridized carbons (Fsp3) is 0.0714. The van der Waals surface area contributed by atoms with Crippen LogP contribution in [0, 0.1) is 0 Å². The van der Waals surface area contributed by atoms with E-state index in [1.54, 1.807) is 6.20 Å². The van der Waals surface area contributed by atoms with Crippen LogP contribution in [-0.4, -0.2) is 20.2 Å². The zero-order valence-electron chi connectivity index (χ0n) is 10.6. The van der Waals surface area contributed by atoms with E-state index in [9.17, 15) is 4.79 Å². The summed E-state index contributed by atoms with van der Waals surface area (Å²) in [6.07, 6.45) is 3.11. The number of rotatable bonds is 4. The minimum atomic E-state index is -0.169. The average molecular weight is 267 g/mol. The molecule has 0 aliphatic rings. The van der Waals surface area contributed by atoms with Gasteiger partial charge in [-0.2, -0.15) is 5.10 Å². The van der Waals surface area contributed by atoms with Gasteiger partial charge in [0.25, 0.3) is 5.56 Å². The Bertz CT molecular complexity index is 731. The predicted octanol–water partition coefficient (Wildman–Crippen LogP) is 1.77. The van der Waals surface area contributed by atoms with Gasteiger partial charge >= 0.3 is 0 Å². The standard InChI is InChI=1S/C14H13N5O/c20-14-7-13(16-9-17-14)15-8-10-1-3-11(4-2-10)12-5-6-18-19-12/h1-7,9H,8H2,(H,18,19)(H2,15,16,17,20). The third kappa shape index (κ3) is 2.74. The maximum atomic E-state index is 11.1. The van der Waals surface area contributed by atoms with E-state index in [0.29, 0.717) is 12.4 Å². The van der Waals surface area contributed by atoms with Gasteiger partial charge in [-0.15, -0.1) is 0 Å². The summed E-state index contributed by atoms with van der Waals surface area (Å²) in [5.74, 6) is 0.561. The van der Waals surface area contributed by atoms with Crippen LogP contribution < -0.4 is 10.9 Å². The molecular formula is C14H13N5O. The number of anilines is 1. The lowest BCUT2D eigenvalue weighted by Gasteiger charge is -2.05. The van der Waals surface area contributed by atoms with Crippen LogP contribution in [0.1, 0.15) is 5.56 Å². The Hall–Kier alpha value is -2.89. The summed E-state index contributed by atoms with van der Waals surface area (Å²) in [5, 5.41) is 9.95. The quantitative estimate of drug-likeness (QED) is 0.672. The van der Waals surface area contributed by atoms with Gasteiger partial charge in [-0.05, 0) is 17.2 Å². The molecule has 0 radical (unpaired) electrons. The molecule has 6 heteroatoms. The summed E-state index contributed by atoms with van der Waals surface area (Å²) < 4.78 is 0. The summed E-state index contributed by atoms with van der Waals surface area (Å²) in [5.41, 5.74) is 3.01. The number of nitrogens with one attached hydrogen (secondary N) is 3. The van der Waals surface area contributed by atoms with E-state index in [2.05, 4.69) is 25.5 Å². The smallest absolute Gasteiger partial charge is 0.252 e. The molecule has 20 heavy (non-hydrogen) atoms. The fourth-order valence-corrected chi connectivity index (χ4v) is 1.88. The van der Waals surface area contributed by atoms with Crippen LogP contribution in [0.15, 0.2) is 53.7 Å². The highest BCUT2D eigenvalue weighted by Crippen LogP contribution is 2.16. The van der Waals surface area contributed by atoms with Crippen LogP contribution in [0.3, 0.4) is 0 Å². The van der Waals surface area contributed by atoms with Crippen LogP contribution in [0.2, 0.25) is 0 Å². The fourth-order valence-electron chi connectivity index (χ4n) is 1.88. The van der Waals surface area contributed by atoms with Crippen molar-refractivity contribution in [3.63, 3.8) is 0 Å². The van der Waals surface area contributed by atoms with Crippen LogP contribution in [0.4, 0.5) is 5.82 Å². The predicted molar refractivity (Wildman–Crippen MR) is 76.2 cm³/mol. The summed E-state index contributed by atoms with van der Waals surface area (Å²) in [4.78, 5) is 17.6. The largest absolute Gasteiger partial charge is 0.366 e. The van der Waals surface area contributed by atoms with Gasteiger partial charge < -0.3 is 10.3 Å². The number of benzene rings is 1. The highest BCUT2D eigenvalue weighted by atomic mass is 16.1. The van der Waals surface area contributed by atoms with Crippen molar-refractivity contribution >= 4 is 5.82 Å². The number of nitrogens with zero attached hydrogens (tertiary/aromatic N) is 2. The summed E-state index contributed by atoms with van der Waals surface area (Å²) in [6, 6.07) is 11.4. The maximum Gasteiger partial charge on any atom is 0.252 e. The van der Waals surface area contributed by atoms with Crippen LogP contribution in [0.5, 0.6) is 0 Å². The molecule has 0 saturated carbocycles. The summed E-state index contributed by atoms with van der Waals surface area (Å²) in [7, 11) is 0. The second kappa shape index (κ2) is 5.40. The Morgan fingerprint density at radius 2 is 2.00 bits per heavy atom. The summed E-state index contributed by atoms with van der Waals surface area (Å²) >= 11 is 0. The molecule has 0 amide bonds. The van der Waals surface area contributed by atoms with Crippen molar-refractivity contribution < 1.29 is 0 Å². The van der Waals surface area contributed by atoms with Gasteiger partial charge in [0.05, 0.1) is 12.0 Å². The van der Waals surface area contributed by atoms with E-state index in [1.807, 2.05) is 30.3 Å². The molecule has 2 aromatic heterocycles. The van der Waals surface area contributed by atoms with Gasteiger partial charge in [0, 0.05) is 18.8 Å². The third-order valence-electron chi connectivity index (χ3n) is 2.92. The maximum absolute atomic E-state index is 11.1. The summed E-state index contributed by atoms with van der Waals surface area (Å²) in [6.45, 7) is 0.611. The molecule has 3 rings (SSSR count). The van der Waals surface area contributed by atoms with Crippen LogP contribution >= 0.6 is 0 Å². The van der Waals surface area contributed by atoms with Gasteiger partial charge in [0.1, 0.15) is 5.82 Å². The highest BCUT2D eigenvalue weighted by Gasteiger charge is 2.00. The van der Waals surface area contributed by atoms with Crippen LogP contribution in [-0.2, 0) is 6.54 Å². The SMILES string of the molecule is O=c1cc(NCc2ccc(-c3ccn[nH]3)cc2)nc[nH]1. The van der Waals surface area contributed by atoms with E-state index in [-0.39, 0.29) is 5.56 Å². The Labute approximate surface area is 114 Å². The molecule has 1 aromatic carbocycles. The van der Waals surface area contributed by atoms with E-state index in [4.69, 9.17) is 0 Å². The van der Waals surface area contributed by atoms with E-state index in [1.165, 1.54) is 12.4 Å². The first kappa shape index (κ1) is 12.2.